The molecule has 39 heavy (non-hydrogen) atoms. The maximum Gasteiger partial charge on any atom is 0.245 e. The van der Waals surface area contributed by atoms with Crippen molar-refractivity contribution in [3.8, 4) is 17.2 Å². The highest BCUT2D eigenvalue weighted by Gasteiger charge is 2.49. The lowest BCUT2D eigenvalue weighted by atomic mass is 9.93. The normalized spacial score (nSPS) is 19.5. The Morgan fingerprint density at radius 2 is 1.74 bits per heavy atom. The Bertz CT molecular complexity index is 1640. The maximum absolute atomic E-state index is 14.6. The molecule has 8 nitrogen and oxygen atoms in total. The van der Waals surface area contributed by atoms with Gasteiger partial charge in [-0.3, -0.25) is 9.88 Å². The molecule has 0 bridgehead atoms. The molecular weight excluding hydrogens is 514 g/mol. The third-order valence-corrected chi connectivity index (χ3v) is 9.56. The second-order valence-corrected chi connectivity index (χ2v) is 11.5. The lowest BCUT2D eigenvalue weighted by molar-refractivity contribution is 0.154. The van der Waals surface area contributed by atoms with Crippen LogP contribution in [0.4, 0.5) is 0 Å². The number of hydrogen-bond acceptors (Lipinski definition) is 7. The van der Waals surface area contributed by atoms with Gasteiger partial charge in [-0.05, 0) is 66.4 Å². The molecule has 0 amide bonds. The zero-order chi connectivity index (χ0) is 27.1. The molecule has 202 valence electrons. The van der Waals surface area contributed by atoms with E-state index in [0.717, 1.165) is 18.5 Å². The van der Waals surface area contributed by atoms with Gasteiger partial charge in [-0.1, -0.05) is 30.3 Å². The Morgan fingerprint density at radius 3 is 2.54 bits per heavy atom. The van der Waals surface area contributed by atoms with Crippen LogP contribution in [-0.4, -0.2) is 56.5 Å². The summed E-state index contributed by atoms with van der Waals surface area (Å²) in [5.41, 5.74) is 3.79. The van der Waals surface area contributed by atoms with Crippen LogP contribution in [0.2, 0.25) is 0 Å². The predicted molar refractivity (Wildman–Crippen MR) is 149 cm³/mol. The van der Waals surface area contributed by atoms with Gasteiger partial charge in [0.15, 0.2) is 11.5 Å². The van der Waals surface area contributed by atoms with Gasteiger partial charge in [0.2, 0.25) is 10.0 Å². The summed E-state index contributed by atoms with van der Waals surface area (Å²) >= 11 is 0. The number of hydrogen-bond donors (Lipinski definition) is 0. The van der Waals surface area contributed by atoms with Crippen LogP contribution in [0.3, 0.4) is 0 Å². The van der Waals surface area contributed by atoms with E-state index in [1.807, 2.05) is 37.3 Å². The zero-order valence-electron chi connectivity index (χ0n) is 22.2. The van der Waals surface area contributed by atoms with E-state index >= 15 is 0 Å². The lowest BCUT2D eigenvalue weighted by Gasteiger charge is -2.36. The number of fused-ring (bicyclic) bond motifs is 4. The molecule has 0 aliphatic carbocycles. The quantitative estimate of drug-likeness (QED) is 0.325. The topological polar surface area (TPSA) is 81.2 Å². The Hall–Kier alpha value is -3.66. The number of ether oxygens (including phenoxy) is 3. The van der Waals surface area contributed by atoms with E-state index in [1.165, 1.54) is 11.1 Å². The predicted octanol–water partition coefficient (Wildman–Crippen LogP) is 4.95. The second kappa shape index (κ2) is 10.1. The lowest BCUT2D eigenvalue weighted by Crippen LogP contribution is -2.37. The molecule has 2 atom stereocenters. The molecule has 0 radical (unpaired) electrons. The number of sulfonamides is 1. The van der Waals surface area contributed by atoms with Gasteiger partial charge in [-0.25, -0.2) is 8.42 Å². The van der Waals surface area contributed by atoms with Crippen LogP contribution in [0, 0.1) is 0 Å². The van der Waals surface area contributed by atoms with Gasteiger partial charge in [0, 0.05) is 24.7 Å². The summed E-state index contributed by atoms with van der Waals surface area (Å²) in [5, 5.41) is 0.533. The molecular formula is C30H31N3O5S. The van der Waals surface area contributed by atoms with Crippen molar-refractivity contribution in [1.82, 2.24) is 14.2 Å². The first-order valence-corrected chi connectivity index (χ1v) is 14.5. The Balaban J connectivity index is 1.53. The Morgan fingerprint density at radius 1 is 0.949 bits per heavy atom. The average molecular weight is 546 g/mol. The van der Waals surface area contributed by atoms with Crippen molar-refractivity contribution in [2.75, 3.05) is 33.9 Å². The molecule has 1 aromatic heterocycles. The SMILES string of the molecule is CCOc1cc([C@H]2N3CCc4ccccc4[C@H]3CN2S(=O)(=O)c2ccc(OC)c3ncccc23)ccc1OC. The monoisotopic (exact) mass is 545 g/mol. The van der Waals surface area contributed by atoms with Crippen LogP contribution in [0.25, 0.3) is 10.9 Å². The maximum atomic E-state index is 14.6. The molecule has 0 saturated carbocycles. The van der Waals surface area contributed by atoms with Gasteiger partial charge in [0.05, 0.1) is 31.8 Å². The third kappa shape index (κ3) is 4.21. The Labute approximate surface area is 228 Å². The molecule has 1 saturated heterocycles. The molecule has 9 heteroatoms. The third-order valence-electron chi connectivity index (χ3n) is 7.68. The highest BCUT2D eigenvalue weighted by atomic mass is 32.2. The van der Waals surface area contributed by atoms with Crippen molar-refractivity contribution < 1.29 is 22.6 Å². The molecule has 0 spiro atoms. The number of benzene rings is 3. The highest BCUT2D eigenvalue weighted by Crippen LogP contribution is 2.48. The minimum atomic E-state index is -3.97. The fourth-order valence-corrected chi connectivity index (χ4v) is 7.73. The fourth-order valence-electron chi connectivity index (χ4n) is 5.95. The summed E-state index contributed by atoms with van der Waals surface area (Å²) in [7, 11) is -0.805. The summed E-state index contributed by atoms with van der Waals surface area (Å²) in [6.45, 7) is 3.45. The second-order valence-electron chi connectivity index (χ2n) is 9.66. The average Bonchev–Trinajstić information content (AvgIpc) is 3.38. The van der Waals surface area contributed by atoms with Crippen molar-refractivity contribution in [2.45, 2.75) is 30.4 Å². The van der Waals surface area contributed by atoms with E-state index < -0.39 is 16.2 Å². The summed E-state index contributed by atoms with van der Waals surface area (Å²) < 4.78 is 47.7. The van der Waals surface area contributed by atoms with Crippen LogP contribution >= 0.6 is 0 Å². The van der Waals surface area contributed by atoms with Crippen molar-refractivity contribution in [1.29, 1.82) is 0 Å². The smallest absolute Gasteiger partial charge is 0.245 e. The number of aromatic nitrogens is 1. The molecule has 4 aromatic rings. The Kier molecular flexibility index (Phi) is 6.66. The molecule has 2 aliphatic heterocycles. The first-order chi connectivity index (χ1) is 19.0. The largest absolute Gasteiger partial charge is 0.494 e. The molecule has 0 unspecified atom stereocenters. The van der Waals surface area contributed by atoms with Crippen LogP contribution in [-0.2, 0) is 16.4 Å². The standard InChI is InChI=1S/C30H31N3O5S/c1-4-38-27-18-21(11-12-25(27)36-2)30-32-17-15-20-8-5-6-9-22(20)24(32)19-33(30)39(34,35)28-14-13-26(37-3)29-23(28)10-7-16-31-29/h5-14,16,18,24,30H,4,15,17,19H2,1-3H3/t24-,30+/m1/s1. The van der Waals surface area contributed by atoms with E-state index in [0.29, 0.717) is 41.3 Å². The van der Waals surface area contributed by atoms with E-state index in [9.17, 15) is 8.42 Å². The zero-order valence-corrected chi connectivity index (χ0v) is 23.0. The van der Waals surface area contributed by atoms with Gasteiger partial charge in [-0.2, -0.15) is 4.31 Å². The minimum Gasteiger partial charge on any atom is -0.494 e. The minimum absolute atomic E-state index is 0.0741. The molecule has 0 N–H and O–H groups in total. The number of methoxy groups -OCH3 is 2. The van der Waals surface area contributed by atoms with E-state index in [4.69, 9.17) is 14.2 Å². The van der Waals surface area contributed by atoms with Crippen LogP contribution in [0.5, 0.6) is 17.2 Å². The molecule has 1 fully saturated rings. The summed E-state index contributed by atoms with van der Waals surface area (Å²) in [5.74, 6) is 1.74. The van der Waals surface area contributed by atoms with E-state index in [1.54, 1.807) is 49.0 Å². The highest BCUT2D eigenvalue weighted by molar-refractivity contribution is 7.89. The number of rotatable bonds is 7. The van der Waals surface area contributed by atoms with E-state index in [-0.39, 0.29) is 10.9 Å². The van der Waals surface area contributed by atoms with Gasteiger partial charge < -0.3 is 14.2 Å². The van der Waals surface area contributed by atoms with E-state index in [2.05, 4.69) is 22.0 Å². The summed E-state index contributed by atoms with van der Waals surface area (Å²) in [6, 6.07) is 20.8. The van der Waals surface area contributed by atoms with Gasteiger partial charge in [-0.15, -0.1) is 0 Å². The van der Waals surface area contributed by atoms with Gasteiger partial charge >= 0.3 is 0 Å². The van der Waals surface area contributed by atoms with Crippen molar-refractivity contribution in [2.24, 2.45) is 0 Å². The van der Waals surface area contributed by atoms with Crippen molar-refractivity contribution >= 4 is 20.9 Å². The van der Waals surface area contributed by atoms with Crippen LogP contribution in [0.15, 0.2) is 77.8 Å². The van der Waals surface area contributed by atoms with Crippen LogP contribution in [0.1, 0.15) is 35.8 Å². The summed E-state index contributed by atoms with van der Waals surface area (Å²) in [4.78, 5) is 6.94. The van der Waals surface area contributed by atoms with Gasteiger partial charge in [0.1, 0.15) is 17.4 Å². The fraction of sp³-hybridized carbons (Fsp3) is 0.300. The molecule has 6 rings (SSSR count). The molecule has 2 aliphatic rings. The van der Waals surface area contributed by atoms with Crippen LogP contribution < -0.4 is 14.2 Å². The van der Waals surface area contributed by atoms with Gasteiger partial charge in [0.25, 0.3) is 0 Å². The molecule has 3 aromatic carbocycles. The summed E-state index contributed by atoms with van der Waals surface area (Å²) in [6.07, 6.45) is 1.97. The first-order valence-electron chi connectivity index (χ1n) is 13.1. The first kappa shape index (κ1) is 25.6. The molecule has 3 heterocycles. The van der Waals surface area contributed by atoms with Crippen molar-refractivity contribution in [3.05, 3.63) is 89.6 Å². The van der Waals surface area contributed by atoms with Crippen molar-refractivity contribution in [3.63, 3.8) is 0 Å². The number of nitrogens with zero attached hydrogens (tertiary/aromatic N) is 3. The number of pyridine rings is 1.